The first-order valence-electron chi connectivity index (χ1n) is 9.67. The van der Waals surface area contributed by atoms with Crippen LogP contribution in [-0.2, 0) is 13.0 Å². The highest BCUT2D eigenvalue weighted by Gasteiger charge is 2.20. The fraction of sp³-hybridized carbons (Fsp3) is 0.450. The molecule has 4 rings (SSSR count). The molecule has 1 aliphatic carbocycles. The van der Waals surface area contributed by atoms with Crippen LogP contribution in [0.3, 0.4) is 0 Å². The number of nitrogens with zero attached hydrogens (tertiary/aromatic N) is 3. The van der Waals surface area contributed by atoms with E-state index in [2.05, 4.69) is 56.7 Å². The highest BCUT2D eigenvalue weighted by Crippen LogP contribution is 2.23. The van der Waals surface area contributed by atoms with Crippen LogP contribution in [0.15, 0.2) is 24.3 Å². The molecular formula is C20H26N6O. The van der Waals surface area contributed by atoms with Crippen LogP contribution in [0.5, 0.6) is 6.01 Å². The Morgan fingerprint density at radius 3 is 2.67 bits per heavy atom. The van der Waals surface area contributed by atoms with Gasteiger partial charge in [-0.05, 0) is 30.4 Å². The number of nitrogens with one attached hydrogen (secondary N) is 2. The Hall–Kier alpha value is -2.67. The molecular weight excluding hydrogens is 340 g/mol. The molecule has 142 valence electrons. The van der Waals surface area contributed by atoms with Crippen LogP contribution in [0.1, 0.15) is 49.4 Å². The summed E-state index contributed by atoms with van der Waals surface area (Å²) in [7, 11) is 0. The zero-order chi connectivity index (χ0) is 18.6. The number of benzene rings is 1. The molecule has 27 heavy (non-hydrogen) atoms. The number of nitrogens with two attached hydrogens (primary N) is 1. The van der Waals surface area contributed by atoms with Crippen LogP contribution >= 0.6 is 0 Å². The van der Waals surface area contributed by atoms with Crippen LogP contribution in [-0.4, -0.2) is 32.8 Å². The minimum absolute atomic E-state index is 0.317. The second-order valence-electron chi connectivity index (χ2n) is 7.14. The van der Waals surface area contributed by atoms with Gasteiger partial charge in [-0.2, -0.15) is 15.1 Å². The number of H-pyrrole nitrogens is 1. The Bertz CT molecular complexity index is 901. The summed E-state index contributed by atoms with van der Waals surface area (Å²) < 4.78 is 5.63. The first-order valence-corrected chi connectivity index (χ1v) is 9.67. The summed E-state index contributed by atoms with van der Waals surface area (Å²) >= 11 is 0. The highest BCUT2D eigenvalue weighted by molar-refractivity contribution is 5.86. The number of ether oxygens (including phenoxy) is 1. The van der Waals surface area contributed by atoms with E-state index in [1.807, 2.05) is 0 Å². The lowest BCUT2D eigenvalue weighted by Crippen LogP contribution is -2.15. The SMILES string of the molecule is CCCCOc1nc(N)c2n[nH]c(Cc3ccc(CNC4CC4)cc3)c2n1. The summed E-state index contributed by atoms with van der Waals surface area (Å²) in [5, 5.41) is 10.9. The Labute approximate surface area is 158 Å². The van der Waals surface area contributed by atoms with Gasteiger partial charge in [0.2, 0.25) is 0 Å². The van der Waals surface area contributed by atoms with Gasteiger partial charge < -0.3 is 15.8 Å². The summed E-state index contributed by atoms with van der Waals surface area (Å²) in [6, 6.07) is 9.69. The molecule has 0 amide bonds. The highest BCUT2D eigenvalue weighted by atomic mass is 16.5. The summed E-state index contributed by atoms with van der Waals surface area (Å²) in [6.45, 7) is 3.63. The van der Waals surface area contributed by atoms with Crippen molar-refractivity contribution in [2.24, 2.45) is 0 Å². The predicted molar refractivity (Wildman–Crippen MR) is 106 cm³/mol. The molecule has 4 N–H and O–H groups in total. The quantitative estimate of drug-likeness (QED) is 0.503. The molecule has 2 aromatic heterocycles. The lowest BCUT2D eigenvalue weighted by Gasteiger charge is -2.06. The van der Waals surface area contributed by atoms with Crippen LogP contribution in [0.4, 0.5) is 5.82 Å². The molecule has 0 radical (unpaired) electrons. The molecule has 1 aromatic carbocycles. The monoisotopic (exact) mass is 366 g/mol. The summed E-state index contributed by atoms with van der Waals surface area (Å²) in [5.41, 5.74) is 10.8. The molecule has 7 nitrogen and oxygen atoms in total. The van der Waals surface area contributed by atoms with E-state index >= 15 is 0 Å². The third-order valence-corrected chi connectivity index (χ3v) is 4.78. The van der Waals surface area contributed by atoms with Gasteiger partial charge in [-0.3, -0.25) is 5.10 Å². The van der Waals surface area contributed by atoms with Crippen molar-refractivity contribution in [2.45, 2.75) is 51.6 Å². The maximum absolute atomic E-state index is 6.03. The molecule has 7 heteroatoms. The zero-order valence-corrected chi connectivity index (χ0v) is 15.7. The minimum atomic E-state index is 0.317. The number of hydrogen-bond donors (Lipinski definition) is 3. The van der Waals surface area contributed by atoms with E-state index in [1.54, 1.807) is 0 Å². The van der Waals surface area contributed by atoms with Crippen molar-refractivity contribution in [3.8, 4) is 6.01 Å². The van der Waals surface area contributed by atoms with Gasteiger partial charge in [0, 0.05) is 19.0 Å². The van der Waals surface area contributed by atoms with Crippen molar-refractivity contribution in [1.29, 1.82) is 0 Å². The number of aromatic nitrogens is 4. The van der Waals surface area contributed by atoms with Crippen molar-refractivity contribution in [3.05, 3.63) is 41.1 Å². The smallest absolute Gasteiger partial charge is 0.319 e. The second-order valence-corrected chi connectivity index (χ2v) is 7.14. The number of rotatable bonds is 9. The standard InChI is InChI=1S/C20H26N6O/c1-2-3-10-27-20-23-17-16(25-26-18(17)19(21)24-20)11-13-4-6-14(7-5-13)12-22-15-8-9-15/h4-7,15,22H,2-3,8-12H2,1H3,(H,25,26)(H2,21,23,24). The van der Waals surface area contributed by atoms with Crippen LogP contribution in [0, 0.1) is 0 Å². The lowest BCUT2D eigenvalue weighted by molar-refractivity contribution is 0.287. The molecule has 0 saturated heterocycles. The normalized spacial score (nSPS) is 14.0. The first kappa shape index (κ1) is 17.7. The molecule has 1 aliphatic rings. The Balaban J connectivity index is 1.48. The van der Waals surface area contributed by atoms with Crippen LogP contribution in [0.25, 0.3) is 11.0 Å². The molecule has 0 bridgehead atoms. The number of fused-ring (bicyclic) bond motifs is 1. The molecule has 1 fully saturated rings. The lowest BCUT2D eigenvalue weighted by atomic mass is 10.1. The molecule has 2 heterocycles. The van der Waals surface area contributed by atoms with Crippen LogP contribution < -0.4 is 15.8 Å². The van der Waals surface area contributed by atoms with E-state index in [0.29, 0.717) is 30.4 Å². The topological polar surface area (TPSA) is 102 Å². The minimum Gasteiger partial charge on any atom is -0.463 e. The maximum Gasteiger partial charge on any atom is 0.319 e. The molecule has 0 spiro atoms. The summed E-state index contributed by atoms with van der Waals surface area (Å²) in [4.78, 5) is 8.72. The molecule has 0 aliphatic heterocycles. The second kappa shape index (κ2) is 7.92. The fourth-order valence-electron chi connectivity index (χ4n) is 2.97. The zero-order valence-electron chi connectivity index (χ0n) is 15.7. The summed E-state index contributed by atoms with van der Waals surface area (Å²) in [6.07, 6.45) is 5.33. The van der Waals surface area contributed by atoms with Crippen molar-refractivity contribution < 1.29 is 4.74 Å². The van der Waals surface area contributed by atoms with Gasteiger partial charge in [-0.25, -0.2) is 0 Å². The van der Waals surface area contributed by atoms with E-state index in [4.69, 9.17) is 10.5 Å². The van der Waals surface area contributed by atoms with Crippen LogP contribution in [0.2, 0.25) is 0 Å². The number of hydrogen-bond acceptors (Lipinski definition) is 6. The molecule has 3 aromatic rings. The molecule has 0 unspecified atom stereocenters. The van der Waals surface area contributed by atoms with Gasteiger partial charge in [-0.1, -0.05) is 37.6 Å². The molecule has 1 saturated carbocycles. The van der Waals surface area contributed by atoms with Gasteiger partial charge in [-0.15, -0.1) is 0 Å². The van der Waals surface area contributed by atoms with Crippen molar-refractivity contribution >= 4 is 16.9 Å². The van der Waals surface area contributed by atoms with E-state index in [9.17, 15) is 0 Å². The average Bonchev–Trinajstić information content (AvgIpc) is 3.42. The number of nitrogen functional groups attached to an aromatic ring is 1. The third kappa shape index (κ3) is 4.36. The first-order chi connectivity index (χ1) is 13.2. The maximum atomic E-state index is 6.03. The van der Waals surface area contributed by atoms with Gasteiger partial charge in [0.1, 0.15) is 5.52 Å². The average molecular weight is 366 g/mol. The third-order valence-electron chi connectivity index (χ3n) is 4.78. The Morgan fingerprint density at radius 2 is 1.93 bits per heavy atom. The fourth-order valence-corrected chi connectivity index (χ4v) is 2.97. The van der Waals surface area contributed by atoms with Gasteiger partial charge in [0.25, 0.3) is 0 Å². The van der Waals surface area contributed by atoms with Gasteiger partial charge in [0.05, 0.1) is 12.3 Å². The van der Waals surface area contributed by atoms with E-state index in [-0.39, 0.29) is 0 Å². The summed E-state index contributed by atoms with van der Waals surface area (Å²) in [5.74, 6) is 0.343. The van der Waals surface area contributed by atoms with Crippen molar-refractivity contribution in [2.75, 3.05) is 12.3 Å². The number of unbranched alkanes of at least 4 members (excludes halogenated alkanes) is 1. The van der Waals surface area contributed by atoms with E-state index in [0.717, 1.165) is 36.6 Å². The van der Waals surface area contributed by atoms with E-state index in [1.165, 1.54) is 24.0 Å². The number of anilines is 1. The van der Waals surface area contributed by atoms with Crippen molar-refractivity contribution in [3.63, 3.8) is 0 Å². The van der Waals surface area contributed by atoms with E-state index < -0.39 is 0 Å². The molecule has 0 atom stereocenters. The number of aromatic amines is 1. The van der Waals surface area contributed by atoms with Crippen molar-refractivity contribution in [1.82, 2.24) is 25.5 Å². The Morgan fingerprint density at radius 1 is 1.15 bits per heavy atom. The Kier molecular flexibility index (Phi) is 5.20. The van der Waals surface area contributed by atoms with Gasteiger partial charge in [0.15, 0.2) is 11.3 Å². The predicted octanol–water partition coefficient (Wildman–Crippen LogP) is 2.96. The largest absolute Gasteiger partial charge is 0.463 e. The van der Waals surface area contributed by atoms with Gasteiger partial charge >= 0.3 is 6.01 Å².